The van der Waals surface area contributed by atoms with Crippen LogP contribution in [0.15, 0.2) is 243 Å². The van der Waals surface area contributed by atoms with Crippen molar-refractivity contribution in [3.05, 3.63) is 254 Å². The average molecular weight is 875 g/mol. The van der Waals surface area contributed by atoms with Crippen molar-refractivity contribution in [1.82, 2.24) is 9.13 Å². The molecule has 2 heterocycles. The molecule has 0 atom stereocenters. The molecular formula is C62H42N4O2. The van der Waals surface area contributed by atoms with Crippen LogP contribution in [0.4, 0.5) is 34.1 Å². The third kappa shape index (κ3) is 7.00. The first-order chi connectivity index (χ1) is 33.6. The number of carbonyl (C=O) groups excluding carboxylic acids is 2. The Morgan fingerprint density at radius 3 is 0.956 bits per heavy atom. The van der Waals surface area contributed by atoms with Crippen molar-refractivity contribution >= 4 is 90.3 Å². The molecule has 6 heteroatoms. The van der Waals surface area contributed by atoms with E-state index >= 15 is 0 Å². The van der Waals surface area contributed by atoms with E-state index in [1.54, 1.807) is 0 Å². The predicted octanol–water partition coefficient (Wildman–Crippen LogP) is 16.1. The van der Waals surface area contributed by atoms with Crippen LogP contribution < -0.4 is 9.80 Å². The molecule has 0 aliphatic rings. The van der Waals surface area contributed by atoms with Crippen molar-refractivity contribution in [3.8, 4) is 22.5 Å². The Hall–Kier alpha value is -9.26. The van der Waals surface area contributed by atoms with E-state index < -0.39 is 0 Å². The summed E-state index contributed by atoms with van der Waals surface area (Å²) in [5, 5.41) is 4.66. The molecule has 0 unspecified atom stereocenters. The third-order valence-corrected chi connectivity index (χ3v) is 13.0. The Labute approximate surface area is 393 Å². The van der Waals surface area contributed by atoms with Gasteiger partial charge >= 0.3 is 0 Å². The zero-order valence-electron chi connectivity index (χ0n) is 36.9. The number of para-hydroxylation sites is 4. The van der Waals surface area contributed by atoms with Crippen molar-refractivity contribution in [2.45, 2.75) is 0 Å². The fourth-order valence-corrected chi connectivity index (χ4v) is 9.81. The normalized spacial score (nSPS) is 11.4. The lowest BCUT2D eigenvalue weighted by molar-refractivity contribution is 0.111. The summed E-state index contributed by atoms with van der Waals surface area (Å²) in [4.78, 5) is 27.9. The topological polar surface area (TPSA) is 50.5 Å². The molecule has 0 fully saturated rings. The van der Waals surface area contributed by atoms with Crippen LogP contribution in [0.25, 0.3) is 66.1 Å². The van der Waals surface area contributed by atoms with Gasteiger partial charge in [-0.3, -0.25) is 9.59 Å². The Bertz CT molecular complexity index is 3550. The van der Waals surface area contributed by atoms with E-state index in [9.17, 15) is 9.59 Å². The lowest BCUT2D eigenvalue weighted by Crippen LogP contribution is -2.10. The first kappa shape index (κ1) is 40.3. The number of anilines is 6. The average Bonchev–Trinajstić information content (AvgIpc) is 3.92. The fraction of sp³-hybridized carbons (Fsp3) is 0. The minimum absolute atomic E-state index is 0.627. The van der Waals surface area contributed by atoms with Crippen molar-refractivity contribution in [2.24, 2.45) is 0 Å². The Morgan fingerprint density at radius 2 is 0.588 bits per heavy atom. The zero-order chi connectivity index (χ0) is 45.6. The van der Waals surface area contributed by atoms with Gasteiger partial charge in [0, 0.05) is 78.2 Å². The third-order valence-electron chi connectivity index (χ3n) is 13.0. The van der Waals surface area contributed by atoms with Gasteiger partial charge in [0.2, 0.25) is 0 Å². The molecule has 322 valence electrons. The predicted molar refractivity (Wildman–Crippen MR) is 281 cm³/mol. The lowest BCUT2D eigenvalue weighted by atomic mass is 10.0. The van der Waals surface area contributed by atoms with E-state index in [1.807, 2.05) is 60.7 Å². The summed E-state index contributed by atoms with van der Waals surface area (Å²) in [6.07, 6.45) is 1.76. The van der Waals surface area contributed by atoms with Gasteiger partial charge < -0.3 is 18.9 Å². The van der Waals surface area contributed by atoms with Crippen molar-refractivity contribution in [1.29, 1.82) is 0 Å². The molecule has 0 radical (unpaired) electrons. The van der Waals surface area contributed by atoms with Gasteiger partial charge in [0.05, 0.1) is 22.1 Å². The number of carbonyl (C=O) groups is 2. The second kappa shape index (κ2) is 16.9. The number of aldehydes is 2. The number of nitrogens with zero attached hydrogens (tertiary/aromatic N) is 4. The van der Waals surface area contributed by atoms with Crippen molar-refractivity contribution < 1.29 is 9.59 Å². The highest BCUT2D eigenvalue weighted by molar-refractivity contribution is 6.12. The smallest absolute Gasteiger partial charge is 0.150 e. The number of hydrogen-bond donors (Lipinski definition) is 0. The monoisotopic (exact) mass is 874 g/mol. The minimum atomic E-state index is 0.627. The standard InChI is InChI=1S/C62H42N4O2/c67-41-43-19-27-49(28-20-43)63(53-35-37-61-57(39-53)55-15-7-9-17-59(55)65(61)47-11-3-1-4-12-47)51-31-23-45(24-32-51)46-25-33-52(34-26-46)64(50-29-21-44(42-68)22-30-50)54-36-38-62-58(40-54)56-16-8-10-18-60(56)66(62)48-13-5-2-6-14-48/h1-42H. The highest BCUT2D eigenvalue weighted by Crippen LogP contribution is 2.43. The number of rotatable bonds is 11. The lowest BCUT2D eigenvalue weighted by Gasteiger charge is -2.26. The van der Waals surface area contributed by atoms with Crippen molar-refractivity contribution in [2.75, 3.05) is 9.80 Å². The van der Waals surface area contributed by atoms with Gasteiger partial charge in [-0.25, -0.2) is 0 Å². The molecule has 0 spiro atoms. The van der Waals surface area contributed by atoms with E-state index in [0.29, 0.717) is 11.1 Å². The second-order valence-electron chi connectivity index (χ2n) is 17.0. The second-order valence-corrected chi connectivity index (χ2v) is 17.0. The molecule has 0 amide bonds. The Balaban J connectivity index is 0.917. The maximum Gasteiger partial charge on any atom is 0.150 e. The molecule has 0 aliphatic heterocycles. The van der Waals surface area contributed by atoms with E-state index in [-0.39, 0.29) is 0 Å². The van der Waals surface area contributed by atoms with Crippen LogP contribution >= 0.6 is 0 Å². The Morgan fingerprint density at radius 1 is 0.279 bits per heavy atom. The Kier molecular flexibility index (Phi) is 10.0. The van der Waals surface area contributed by atoms with Crippen LogP contribution in [-0.4, -0.2) is 21.7 Å². The molecule has 0 saturated carbocycles. The van der Waals surface area contributed by atoms with Gasteiger partial charge in [-0.2, -0.15) is 0 Å². The largest absolute Gasteiger partial charge is 0.310 e. The maximum atomic E-state index is 11.7. The summed E-state index contributed by atoms with van der Waals surface area (Å²) >= 11 is 0. The molecule has 0 N–H and O–H groups in total. The van der Waals surface area contributed by atoms with Gasteiger partial charge in [-0.15, -0.1) is 0 Å². The number of aromatic nitrogens is 2. The molecule has 12 aromatic rings. The first-order valence-electron chi connectivity index (χ1n) is 22.7. The molecule has 10 aromatic carbocycles. The molecule has 0 saturated heterocycles. The van der Waals surface area contributed by atoms with Crippen LogP contribution in [0.2, 0.25) is 0 Å². The van der Waals surface area contributed by atoms with Crippen LogP contribution in [0.3, 0.4) is 0 Å². The van der Waals surface area contributed by atoms with Gasteiger partial charge in [0.1, 0.15) is 12.6 Å². The van der Waals surface area contributed by atoms with E-state index in [4.69, 9.17) is 0 Å². The summed E-state index contributed by atoms with van der Waals surface area (Å²) in [7, 11) is 0. The summed E-state index contributed by atoms with van der Waals surface area (Å²) in [5.74, 6) is 0. The summed E-state index contributed by atoms with van der Waals surface area (Å²) < 4.78 is 4.65. The molecule has 68 heavy (non-hydrogen) atoms. The van der Waals surface area contributed by atoms with Gasteiger partial charge in [-0.05, 0) is 157 Å². The number of benzene rings is 10. The summed E-state index contributed by atoms with van der Waals surface area (Å²) in [6, 6.07) is 84.2. The molecule has 0 bridgehead atoms. The summed E-state index contributed by atoms with van der Waals surface area (Å²) in [6.45, 7) is 0. The van der Waals surface area contributed by atoms with E-state index in [0.717, 1.165) is 102 Å². The highest BCUT2D eigenvalue weighted by Gasteiger charge is 2.20. The van der Waals surface area contributed by atoms with E-state index in [1.165, 1.54) is 10.8 Å². The van der Waals surface area contributed by atoms with Crippen LogP contribution in [0.5, 0.6) is 0 Å². The molecule has 12 rings (SSSR count). The number of fused-ring (bicyclic) bond motifs is 6. The van der Waals surface area contributed by atoms with Crippen LogP contribution in [0.1, 0.15) is 20.7 Å². The molecule has 2 aromatic heterocycles. The minimum Gasteiger partial charge on any atom is -0.310 e. The molecule has 6 nitrogen and oxygen atoms in total. The fourth-order valence-electron chi connectivity index (χ4n) is 9.81. The SMILES string of the molecule is O=Cc1ccc(N(c2ccc(-c3ccc(N(c4ccc(C=O)cc4)c4ccc5c(c4)c4ccccc4n5-c4ccccc4)cc3)cc2)c2ccc3c(c2)c2ccccc2n3-c2ccccc2)cc1. The van der Waals surface area contributed by atoms with E-state index in [2.05, 4.69) is 201 Å². The summed E-state index contributed by atoms with van der Waals surface area (Å²) in [5.41, 5.74) is 16.1. The highest BCUT2D eigenvalue weighted by atomic mass is 16.1. The molecule has 0 aliphatic carbocycles. The van der Waals surface area contributed by atoms with Gasteiger partial charge in [0.15, 0.2) is 0 Å². The maximum absolute atomic E-state index is 11.7. The van der Waals surface area contributed by atoms with Crippen LogP contribution in [0, 0.1) is 0 Å². The molecular weight excluding hydrogens is 833 g/mol. The zero-order valence-corrected chi connectivity index (χ0v) is 36.9. The first-order valence-corrected chi connectivity index (χ1v) is 22.7. The van der Waals surface area contributed by atoms with Gasteiger partial charge in [0.25, 0.3) is 0 Å². The van der Waals surface area contributed by atoms with Crippen molar-refractivity contribution in [3.63, 3.8) is 0 Å². The van der Waals surface area contributed by atoms with Gasteiger partial charge in [-0.1, -0.05) is 97.1 Å². The number of hydrogen-bond acceptors (Lipinski definition) is 4. The van der Waals surface area contributed by atoms with Crippen LogP contribution in [-0.2, 0) is 0 Å². The quantitative estimate of drug-likeness (QED) is 0.122.